The van der Waals surface area contributed by atoms with Crippen molar-refractivity contribution < 1.29 is 14.3 Å². The van der Waals surface area contributed by atoms with Gasteiger partial charge in [-0.3, -0.25) is 9.59 Å². The van der Waals surface area contributed by atoms with Gasteiger partial charge in [0.2, 0.25) is 5.91 Å². The summed E-state index contributed by atoms with van der Waals surface area (Å²) in [5, 5.41) is 0. The summed E-state index contributed by atoms with van der Waals surface area (Å²) in [5.74, 6) is 1.15. The Morgan fingerprint density at radius 3 is 2.24 bits per heavy atom. The summed E-state index contributed by atoms with van der Waals surface area (Å²) in [6, 6.07) is 7.17. The van der Waals surface area contributed by atoms with Crippen molar-refractivity contribution in [3.63, 3.8) is 0 Å². The number of hydrogen-bond donors (Lipinski definition) is 0. The van der Waals surface area contributed by atoms with E-state index in [1.807, 2.05) is 9.80 Å². The van der Waals surface area contributed by atoms with Crippen LogP contribution < -0.4 is 4.74 Å². The van der Waals surface area contributed by atoms with E-state index >= 15 is 0 Å². The Morgan fingerprint density at radius 1 is 1.04 bits per heavy atom. The summed E-state index contributed by atoms with van der Waals surface area (Å²) < 4.78 is 5.13. The van der Waals surface area contributed by atoms with E-state index in [2.05, 4.69) is 11.8 Å². The van der Waals surface area contributed by atoms with Crippen molar-refractivity contribution in [3.05, 3.63) is 29.8 Å². The van der Waals surface area contributed by atoms with E-state index < -0.39 is 0 Å². The maximum atomic E-state index is 12.7. The van der Waals surface area contributed by atoms with Crippen LogP contribution in [0, 0.1) is 5.92 Å². The molecule has 2 fully saturated rings. The molecule has 25 heavy (non-hydrogen) atoms. The summed E-state index contributed by atoms with van der Waals surface area (Å²) in [5.41, 5.74) is 0.662. The number of ether oxygens (including phenoxy) is 1. The molecule has 0 aliphatic carbocycles. The molecule has 0 radical (unpaired) electrons. The van der Waals surface area contributed by atoms with E-state index in [1.54, 1.807) is 31.4 Å². The van der Waals surface area contributed by atoms with Gasteiger partial charge in [-0.2, -0.15) is 0 Å². The predicted molar refractivity (Wildman–Crippen MR) is 95.7 cm³/mol. The van der Waals surface area contributed by atoms with Crippen LogP contribution in [0.1, 0.15) is 23.7 Å². The molecule has 2 heterocycles. The highest BCUT2D eigenvalue weighted by atomic mass is 16.5. The van der Waals surface area contributed by atoms with Gasteiger partial charge in [0, 0.05) is 38.3 Å². The minimum Gasteiger partial charge on any atom is -0.497 e. The SMILES string of the molecule is CCN1CCC(C(=O)N2CCN(C(=O)c3ccc(OC)cc3)CC2)C1. The van der Waals surface area contributed by atoms with Crippen LogP contribution >= 0.6 is 0 Å². The van der Waals surface area contributed by atoms with Crippen molar-refractivity contribution in [1.29, 1.82) is 0 Å². The summed E-state index contributed by atoms with van der Waals surface area (Å²) in [7, 11) is 1.61. The number of piperazine rings is 1. The van der Waals surface area contributed by atoms with Gasteiger partial charge in [0.05, 0.1) is 13.0 Å². The van der Waals surface area contributed by atoms with Crippen LogP contribution in [0.25, 0.3) is 0 Å². The number of likely N-dealkylation sites (tertiary alicyclic amines) is 1. The van der Waals surface area contributed by atoms with Crippen molar-refractivity contribution in [1.82, 2.24) is 14.7 Å². The lowest BCUT2D eigenvalue weighted by atomic mass is 10.1. The molecule has 0 spiro atoms. The molecular weight excluding hydrogens is 318 g/mol. The Labute approximate surface area is 149 Å². The molecule has 2 saturated heterocycles. The fraction of sp³-hybridized carbons (Fsp3) is 0.579. The first kappa shape index (κ1) is 17.7. The molecular formula is C19H27N3O3. The molecule has 0 saturated carbocycles. The second-order valence-electron chi connectivity index (χ2n) is 6.72. The summed E-state index contributed by atoms with van der Waals surface area (Å²) in [6.45, 7) is 7.49. The molecule has 1 atom stereocenters. The van der Waals surface area contributed by atoms with Crippen LogP contribution in [-0.2, 0) is 4.79 Å². The Morgan fingerprint density at radius 2 is 1.68 bits per heavy atom. The molecule has 0 aromatic heterocycles. The zero-order valence-corrected chi connectivity index (χ0v) is 15.1. The highest BCUT2D eigenvalue weighted by Gasteiger charge is 2.33. The zero-order chi connectivity index (χ0) is 17.8. The van der Waals surface area contributed by atoms with Crippen molar-refractivity contribution in [3.8, 4) is 5.75 Å². The minimum absolute atomic E-state index is 0.0211. The molecule has 136 valence electrons. The zero-order valence-electron chi connectivity index (χ0n) is 15.1. The van der Waals surface area contributed by atoms with Crippen LogP contribution in [0.2, 0.25) is 0 Å². The number of hydrogen-bond acceptors (Lipinski definition) is 4. The summed E-state index contributed by atoms with van der Waals surface area (Å²) in [6.07, 6.45) is 0.956. The number of benzene rings is 1. The van der Waals surface area contributed by atoms with Gasteiger partial charge in [0.1, 0.15) is 5.75 Å². The van der Waals surface area contributed by atoms with E-state index in [1.165, 1.54) is 0 Å². The second kappa shape index (κ2) is 7.87. The molecule has 3 rings (SSSR count). The smallest absolute Gasteiger partial charge is 0.253 e. The third-order valence-corrected chi connectivity index (χ3v) is 5.28. The van der Waals surface area contributed by atoms with Crippen molar-refractivity contribution in [2.45, 2.75) is 13.3 Å². The number of carbonyl (C=O) groups is 2. The van der Waals surface area contributed by atoms with Crippen molar-refractivity contribution in [2.75, 3.05) is 52.9 Å². The van der Waals surface area contributed by atoms with E-state index in [0.717, 1.165) is 31.8 Å². The normalized spacial score (nSPS) is 21.4. The van der Waals surface area contributed by atoms with E-state index in [0.29, 0.717) is 31.7 Å². The van der Waals surface area contributed by atoms with Gasteiger partial charge in [-0.05, 0) is 43.8 Å². The number of carbonyl (C=O) groups excluding carboxylic acids is 2. The molecule has 2 amide bonds. The summed E-state index contributed by atoms with van der Waals surface area (Å²) >= 11 is 0. The molecule has 0 N–H and O–H groups in total. The molecule has 1 aromatic carbocycles. The first-order chi connectivity index (χ1) is 12.1. The highest BCUT2D eigenvalue weighted by molar-refractivity contribution is 5.94. The van der Waals surface area contributed by atoms with Crippen LogP contribution in [0.3, 0.4) is 0 Å². The van der Waals surface area contributed by atoms with Crippen molar-refractivity contribution in [2.24, 2.45) is 5.92 Å². The van der Waals surface area contributed by atoms with Gasteiger partial charge in [-0.15, -0.1) is 0 Å². The molecule has 6 nitrogen and oxygen atoms in total. The fourth-order valence-electron chi connectivity index (χ4n) is 3.63. The van der Waals surface area contributed by atoms with Crippen LogP contribution in [0.15, 0.2) is 24.3 Å². The summed E-state index contributed by atoms with van der Waals surface area (Å²) in [4.78, 5) is 31.3. The minimum atomic E-state index is 0.0211. The van der Waals surface area contributed by atoms with Crippen molar-refractivity contribution >= 4 is 11.8 Å². The number of amides is 2. The van der Waals surface area contributed by atoms with Gasteiger partial charge in [-0.1, -0.05) is 6.92 Å². The molecule has 0 bridgehead atoms. The second-order valence-corrected chi connectivity index (χ2v) is 6.72. The largest absolute Gasteiger partial charge is 0.497 e. The molecule has 6 heteroatoms. The van der Waals surface area contributed by atoms with Crippen LogP contribution in [-0.4, -0.2) is 79.4 Å². The standard InChI is InChI=1S/C19H27N3O3/c1-3-20-9-8-16(14-20)19(24)22-12-10-21(11-13-22)18(23)15-4-6-17(25-2)7-5-15/h4-7,16H,3,8-14H2,1-2H3. The number of nitrogens with zero attached hydrogens (tertiary/aromatic N) is 3. The average molecular weight is 345 g/mol. The highest BCUT2D eigenvalue weighted by Crippen LogP contribution is 2.20. The molecule has 1 aromatic rings. The topological polar surface area (TPSA) is 53.1 Å². The van der Waals surface area contributed by atoms with Gasteiger partial charge in [0.15, 0.2) is 0 Å². The van der Waals surface area contributed by atoms with E-state index in [9.17, 15) is 9.59 Å². The van der Waals surface area contributed by atoms with Crippen LogP contribution in [0.5, 0.6) is 5.75 Å². The Balaban J connectivity index is 1.52. The number of rotatable bonds is 4. The van der Waals surface area contributed by atoms with Gasteiger partial charge in [-0.25, -0.2) is 0 Å². The first-order valence-electron chi connectivity index (χ1n) is 9.07. The Hall–Kier alpha value is -2.08. The maximum Gasteiger partial charge on any atom is 0.253 e. The lowest BCUT2D eigenvalue weighted by molar-refractivity contribution is -0.136. The molecule has 2 aliphatic heterocycles. The monoisotopic (exact) mass is 345 g/mol. The maximum absolute atomic E-state index is 12.7. The Kier molecular flexibility index (Phi) is 5.58. The van der Waals surface area contributed by atoms with Gasteiger partial charge < -0.3 is 19.4 Å². The van der Waals surface area contributed by atoms with Crippen LogP contribution in [0.4, 0.5) is 0 Å². The van der Waals surface area contributed by atoms with E-state index in [4.69, 9.17) is 4.74 Å². The quantitative estimate of drug-likeness (QED) is 0.826. The fourth-order valence-corrected chi connectivity index (χ4v) is 3.63. The van der Waals surface area contributed by atoms with E-state index in [-0.39, 0.29) is 17.7 Å². The third kappa shape index (κ3) is 3.95. The molecule has 2 aliphatic rings. The predicted octanol–water partition coefficient (Wildman–Crippen LogP) is 1.32. The third-order valence-electron chi connectivity index (χ3n) is 5.28. The number of methoxy groups -OCH3 is 1. The van der Waals surface area contributed by atoms with Gasteiger partial charge >= 0.3 is 0 Å². The van der Waals surface area contributed by atoms with Gasteiger partial charge in [0.25, 0.3) is 5.91 Å². The average Bonchev–Trinajstić information content (AvgIpc) is 3.16. The first-order valence-corrected chi connectivity index (χ1v) is 9.07. The lowest BCUT2D eigenvalue weighted by Gasteiger charge is -2.36. The lowest BCUT2D eigenvalue weighted by Crippen LogP contribution is -2.52. The molecule has 1 unspecified atom stereocenters. The Bertz CT molecular complexity index is 609.